The van der Waals surface area contributed by atoms with Gasteiger partial charge >= 0.3 is 0 Å². The van der Waals surface area contributed by atoms with Crippen LogP contribution in [0.4, 0.5) is 0 Å². The highest BCUT2D eigenvalue weighted by Gasteiger charge is 2.26. The first-order valence-electron chi connectivity index (χ1n) is 6.08. The van der Waals surface area contributed by atoms with Crippen LogP contribution in [0.2, 0.25) is 0 Å². The van der Waals surface area contributed by atoms with Crippen molar-refractivity contribution >= 4 is 27.7 Å². The van der Waals surface area contributed by atoms with Gasteiger partial charge in [0.1, 0.15) is 0 Å². The van der Waals surface area contributed by atoms with E-state index in [4.69, 9.17) is 0 Å². The summed E-state index contributed by atoms with van der Waals surface area (Å²) in [7, 11) is 0. The minimum absolute atomic E-state index is 0.816. The second-order valence-electron chi connectivity index (χ2n) is 4.89. The lowest BCUT2D eigenvalue weighted by molar-refractivity contribution is 0.316. The van der Waals surface area contributed by atoms with Gasteiger partial charge in [-0.15, -0.1) is 0 Å². The summed E-state index contributed by atoms with van der Waals surface area (Å²) in [5.74, 6) is 4.80. The first kappa shape index (κ1) is 11.3. The summed E-state index contributed by atoms with van der Waals surface area (Å²) in [6.07, 6.45) is 10.5. The maximum Gasteiger partial charge on any atom is 0.0272 e. The minimum Gasteiger partial charge on any atom is -0.161 e. The Morgan fingerprint density at radius 2 is 1.79 bits per heavy atom. The molecule has 2 heteroatoms. The summed E-state index contributed by atoms with van der Waals surface area (Å²) in [5, 5.41) is 0. The fraction of sp³-hybridized carbons (Fsp3) is 1.00. The minimum atomic E-state index is 0.816. The molecule has 0 radical (unpaired) electrons. The zero-order valence-corrected chi connectivity index (χ0v) is 11.3. The lowest BCUT2D eigenvalue weighted by atomic mass is 9.84. The van der Waals surface area contributed by atoms with Crippen LogP contribution in [0.5, 0.6) is 0 Å². The lowest BCUT2D eigenvalue weighted by Crippen LogP contribution is -2.14. The smallest absolute Gasteiger partial charge is 0.0272 e. The van der Waals surface area contributed by atoms with Crippen molar-refractivity contribution in [2.75, 3.05) is 11.5 Å². The third-order valence-corrected chi connectivity index (χ3v) is 6.55. The normalized spacial score (nSPS) is 34.9. The molecule has 0 spiro atoms. The van der Waals surface area contributed by atoms with Crippen LogP contribution in [-0.4, -0.2) is 16.3 Å². The first-order valence-corrected chi connectivity index (χ1v) is 8.15. The molecule has 0 amide bonds. The Morgan fingerprint density at radius 1 is 1.00 bits per heavy atom. The van der Waals surface area contributed by atoms with E-state index in [1.54, 1.807) is 0 Å². The number of halogens is 1. The molecule has 0 aromatic rings. The molecule has 1 saturated heterocycles. The van der Waals surface area contributed by atoms with Gasteiger partial charge < -0.3 is 0 Å². The highest BCUT2D eigenvalue weighted by Crippen LogP contribution is 2.36. The van der Waals surface area contributed by atoms with Crippen LogP contribution in [0, 0.1) is 11.8 Å². The van der Waals surface area contributed by atoms with Crippen LogP contribution in [0.15, 0.2) is 0 Å². The molecular weight excluding hydrogens is 256 g/mol. The molecule has 1 aliphatic carbocycles. The molecule has 1 heterocycles. The van der Waals surface area contributed by atoms with E-state index in [1.807, 2.05) is 0 Å². The van der Waals surface area contributed by atoms with Crippen molar-refractivity contribution in [2.45, 2.75) is 49.8 Å². The van der Waals surface area contributed by atoms with E-state index >= 15 is 0 Å². The van der Waals surface area contributed by atoms with Gasteiger partial charge in [-0.2, -0.15) is 11.8 Å². The molecule has 0 aromatic heterocycles. The Hall–Kier alpha value is 0.830. The van der Waals surface area contributed by atoms with Gasteiger partial charge in [-0.05, 0) is 24.0 Å². The molecule has 1 saturated carbocycles. The summed E-state index contributed by atoms with van der Waals surface area (Å²) in [6, 6.07) is 0. The van der Waals surface area contributed by atoms with Crippen LogP contribution in [0.3, 0.4) is 0 Å². The molecule has 1 aliphatic heterocycles. The molecule has 2 fully saturated rings. The number of hydrogen-bond donors (Lipinski definition) is 0. The van der Waals surface area contributed by atoms with Crippen molar-refractivity contribution in [1.29, 1.82) is 0 Å². The fourth-order valence-corrected chi connectivity index (χ4v) is 5.36. The Morgan fingerprint density at radius 3 is 2.43 bits per heavy atom. The van der Waals surface area contributed by atoms with Crippen LogP contribution in [-0.2, 0) is 0 Å². The van der Waals surface area contributed by atoms with E-state index in [-0.39, 0.29) is 0 Å². The summed E-state index contributed by atoms with van der Waals surface area (Å²) in [4.78, 5) is 0.816. The van der Waals surface area contributed by atoms with Crippen molar-refractivity contribution in [1.82, 2.24) is 0 Å². The highest BCUT2D eigenvalue weighted by atomic mass is 79.9. The summed E-state index contributed by atoms with van der Waals surface area (Å²) >= 11 is 5.94. The molecule has 2 aliphatic rings. The van der Waals surface area contributed by atoms with Gasteiger partial charge in [0.05, 0.1) is 0 Å². The van der Waals surface area contributed by atoms with Crippen molar-refractivity contribution in [3.63, 3.8) is 0 Å². The van der Waals surface area contributed by atoms with Crippen molar-refractivity contribution in [2.24, 2.45) is 11.8 Å². The highest BCUT2D eigenvalue weighted by molar-refractivity contribution is 9.09. The summed E-state index contributed by atoms with van der Waals surface area (Å²) < 4.78 is 0. The molecule has 0 bridgehead atoms. The van der Waals surface area contributed by atoms with Gasteiger partial charge in [0.2, 0.25) is 0 Å². The largest absolute Gasteiger partial charge is 0.161 e. The molecule has 2 unspecified atom stereocenters. The number of hydrogen-bond acceptors (Lipinski definition) is 1. The van der Waals surface area contributed by atoms with Gasteiger partial charge in [0, 0.05) is 10.6 Å². The Labute approximate surface area is 101 Å². The quantitative estimate of drug-likeness (QED) is 0.686. The van der Waals surface area contributed by atoms with E-state index in [0.29, 0.717) is 0 Å². The van der Waals surface area contributed by atoms with Gasteiger partial charge in [0.15, 0.2) is 0 Å². The molecule has 2 rings (SSSR count). The predicted octanol–water partition coefficient (Wildman–Crippen LogP) is 4.47. The molecular formula is C12H21BrS. The van der Waals surface area contributed by atoms with Gasteiger partial charge in [0.25, 0.3) is 0 Å². The van der Waals surface area contributed by atoms with Crippen molar-refractivity contribution in [3.8, 4) is 0 Å². The number of alkyl halides is 1. The topological polar surface area (TPSA) is 0 Å². The van der Waals surface area contributed by atoms with Gasteiger partial charge in [-0.1, -0.05) is 54.5 Å². The van der Waals surface area contributed by atoms with E-state index < -0.39 is 0 Å². The Balaban J connectivity index is 1.65. The fourth-order valence-electron chi connectivity index (χ4n) is 2.76. The van der Waals surface area contributed by atoms with Crippen LogP contribution in [0.1, 0.15) is 44.9 Å². The summed E-state index contributed by atoms with van der Waals surface area (Å²) in [6.45, 7) is 0. The lowest BCUT2D eigenvalue weighted by Gasteiger charge is -2.23. The molecule has 2 atom stereocenters. The van der Waals surface area contributed by atoms with Crippen LogP contribution >= 0.6 is 27.7 Å². The molecule has 0 aromatic carbocycles. The van der Waals surface area contributed by atoms with E-state index in [9.17, 15) is 0 Å². The monoisotopic (exact) mass is 276 g/mol. The maximum absolute atomic E-state index is 3.81. The zero-order chi connectivity index (χ0) is 9.80. The van der Waals surface area contributed by atoms with Crippen LogP contribution < -0.4 is 0 Å². The Bertz CT molecular complexity index is 166. The van der Waals surface area contributed by atoms with Crippen LogP contribution in [0.25, 0.3) is 0 Å². The van der Waals surface area contributed by atoms with Crippen molar-refractivity contribution in [3.05, 3.63) is 0 Å². The van der Waals surface area contributed by atoms with E-state index in [2.05, 4.69) is 27.7 Å². The zero-order valence-electron chi connectivity index (χ0n) is 8.88. The van der Waals surface area contributed by atoms with Gasteiger partial charge in [-0.3, -0.25) is 0 Å². The summed E-state index contributed by atoms with van der Waals surface area (Å²) in [5.41, 5.74) is 0. The Kier molecular flexibility index (Phi) is 4.68. The molecule has 14 heavy (non-hydrogen) atoms. The molecule has 82 valence electrons. The third-order valence-electron chi connectivity index (χ3n) is 3.79. The van der Waals surface area contributed by atoms with Gasteiger partial charge in [-0.25, -0.2) is 0 Å². The van der Waals surface area contributed by atoms with Crippen molar-refractivity contribution < 1.29 is 0 Å². The average molecular weight is 277 g/mol. The SMILES string of the molecule is BrC1CSCC1CCC1CCCCC1. The van der Waals surface area contributed by atoms with E-state index in [1.165, 1.54) is 56.5 Å². The second kappa shape index (κ2) is 5.79. The molecule has 0 N–H and O–H groups in total. The maximum atomic E-state index is 3.81. The van der Waals surface area contributed by atoms with E-state index in [0.717, 1.165) is 16.7 Å². The predicted molar refractivity (Wildman–Crippen MR) is 69.3 cm³/mol. The average Bonchev–Trinajstić information content (AvgIpc) is 2.63. The standard InChI is InChI=1S/C12H21BrS/c13-12-9-14-8-11(12)7-6-10-4-2-1-3-5-10/h10-12H,1-9H2. The second-order valence-corrected chi connectivity index (χ2v) is 7.15. The first-order chi connectivity index (χ1) is 6.86. The number of thioether (sulfide) groups is 1. The number of rotatable bonds is 3. The molecule has 0 nitrogen and oxygen atoms in total. The third kappa shape index (κ3) is 3.16.